The van der Waals surface area contributed by atoms with E-state index in [9.17, 15) is 18.0 Å². The van der Waals surface area contributed by atoms with Crippen molar-refractivity contribution in [2.45, 2.75) is 13.1 Å². The summed E-state index contributed by atoms with van der Waals surface area (Å²) in [4.78, 5) is 15.3. The van der Waals surface area contributed by atoms with E-state index in [1.54, 1.807) is 6.92 Å². The van der Waals surface area contributed by atoms with Gasteiger partial charge in [0.05, 0.1) is 17.7 Å². The van der Waals surface area contributed by atoms with Gasteiger partial charge in [0.1, 0.15) is 6.26 Å². The van der Waals surface area contributed by atoms with E-state index in [0.29, 0.717) is 4.47 Å². The van der Waals surface area contributed by atoms with Crippen LogP contribution in [0.1, 0.15) is 23.0 Å². The van der Waals surface area contributed by atoms with Gasteiger partial charge in [-0.1, -0.05) is 0 Å². The molecule has 0 radical (unpaired) electrons. The van der Waals surface area contributed by atoms with Crippen molar-refractivity contribution >= 4 is 21.9 Å². The molecule has 0 aliphatic heterocycles. The molecule has 0 fully saturated rings. The molecule has 0 N–H and O–H groups in total. The quantitative estimate of drug-likeness (QED) is 0.763. The van der Waals surface area contributed by atoms with Gasteiger partial charge < -0.3 is 9.15 Å². The number of hydrogen-bond acceptors (Lipinski definition) is 4. The number of esters is 1. The van der Waals surface area contributed by atoms with Gasteiger partial charge in [-0.3, -0.25) is 0 Å². The number of ether oxygens (including phenoxy) is 1. The minimum Gasteiger partial charge on any atom is -0.461 e. The summed E-state index contributed by atoms with van der Waals surface area (Å²) in [5.41, 5.74) is -0.840. The van der Waals surface area contributed by atoms with Gasteiger partial charge in [-0.2, -0.15) is 13.2 Å². The summed E-state index contributed by atoms with van der Waals surface area (Å²) >= 11 is 3.13. The Morgan fingerprint density at radius 1 is 1.43 bits per heavy atom. The molecule has 2 rings (SSSR count). The predicted octanol–water partition coefficient (Wildman–Crippen LogP) is 4.30. The van der Waals surface area contributed by atoms with Crippen LogP contribution in [0.4, 0.5) is 13.2 Å². The van der Waals surface area contributed by atoms with Crippen LogP contribution in [-0.2, 0) is 10.9 Å². The summed E-state index contributed by atoms with van der Waals surface area (Å²) in [6.45, 7) is 1.79. The minimum absolute atomic E-state index is 0.0976. The van der Waals surface area contributed by atoms with Crippen LogP contribution in [0.2, 0.25) is 0 Å². The largest absolute Gasteiger partial charge is 0.461 e. The molecule has 0 aliphatic rings. The van der Waals surface area contributed by atoms with E-state index in [0.717, 1.165) is 18.4 Å². The first-order valence-electron chi connectivity index (χ1n) is 5.82. The molecule has 112 valence electrons. The van der Waals surface area contributed by atoms with E-state index in [1.807, 2.05) is 0 Å². The SMILES string of the molecule is CCOC(=O)c1coc(-c2cc(C(F)(F)F)ccc2Br)n1. The fourth-order valence-electron chi connectivity index (χ4n) is 1.56. The van der Waals surface area contributed by atoms with Crippen molar-refractivity contribution in [1.82, 2.24) is 4.98 Å². The van der Waals surface area contributed by atoms with E-state index >= 15 is 0 Å². The van der Waals surface area contributed by atoms with Crippen molar-refractivity contribution in [3.8, 4) is 11.5 Å². The molecule has 0 saturated carbocycles. The van der Waals surface area contributed by atoms with E-state index in [-0.39, 0.29) is 23.8 Å². The maximum absolute atomic E-state index is 12.7. The van der Waals surface area contributed by atoms with Gasteiger partial charge in [0.25, 0.3) is 0 Å². The molecule has 0 saturated heterocycles. The smallest absolute Gasteiger partial charge is 0.416 e. The molecule has 21 heavy (non-hydrogen) atoms. The Kier molecular flexibility index (Phi) is 4.36. The lowest BCUT2D eigenvalue weighted by molar-refractivity contribution is -0.137. The zero-order valence-corrected chi connectivity index (χ0v) is 12.3. The van der Waals surface area contributed by atoms with Crippen molar-refractivity contribution in [1.29, 1.82) is 0 Å². The number of carbonyl (C=O) groups excluding carboxylic acids is 1. The van der Waals surface area contributed by atoms with Crippen molar-refractivity contribution in [3.05, 3.63) is 40.2 Å². The molecule has 2 aromatic rings. The summed E-state index contributed by atoms with van der Waals surface area (Å²) in [5.74, 6) is -0.799. The van der Waals surface area contributed by atoms with E-state index in [1.165, 1.54) is 6.07 Å². The summed E-state index contributed by atoms with van der Waals surface area (Å²) < 4.78 is 48.3. The van der Waals surface area contributed by atoms with Crippen LogP contribution < -0.4 is 0 Å². The fourth-order valence-corrected chi connectivity index (χ4v) is 1.98. The monoisotopic (exact) mass is 363 g/mol. The van der Waals surface area contributed by atoms with Crippen molar-refractivity contribution in [3.63, 3.8) is 0 Å². The third kappa shape index (κ3) is 3.44. The fraction of sp³-hybridized carbons (Fsp3) is 0.231. The normalized spacial score (nSPS) is 11.5. The van der Waals surface area contributed by atoms with Crippen LogP contribution >= 0.6 is 15.9 Å². The highest BCUT2D eigenvalue weighted by atomic mass is 79.9. The maximum Gasteiger partial charge on any atom is 0.416 e. The lowest BCUT2D eigenvalue weighted by Crippen LogP contribution is -2.05. The Labute approximate surface area is 126 Å². The molecule has 0 amide bonds. The number of aromatic nitrogens is 1. The highest BCUT2D eigenvalue weighted by Gasteiger charge is 2.31. The summed E-state index contributed by atoms with van der Waals surface area (Å²) in [6, 6.07) is 3.07. The Bertz CT molecular complexity index is 667. The molecule has 1 aromatic heterocycles. The van der Waals surface area contributed by atoms with E-state index in [4.69, 9.17) is 9.15 Å². The molecule has 0 atom stereocenters. The van der Waals surface area contributed by atoms with Crippen molar-refractivity contribution in [2.75, 3.05) is 6.61 Å². The zero-order valence-electron chi connectivity index (χ0n) is 10.7. The highest BCUT2D eigenvalue weighted by Crippen LogP contribution is 2.35. The number of nitrogens with zero attached hydrogens (tertiary/aromatic N) is 1. The standard InChI is InChI=1S/C13H9BrF3NO3/c1-2-20-12(19)10-6-21-11(18-10)8-5-7(13(15,16)17)3-4-9(8)14/h3-6H,2H2,1H3. The van der Waals surface area contributed by atoms with Gasteiger partial charge in [-0.25, -0.2) is 9.78 Å². The number of carbonyl (C=O) groups is 1. The molecule has 0 unspecified atom stereocenters. The van der Waals surface area contributed by atoms with Crippen LogP contribution in [-0.4, -0.2) is 17.6 Å². The molecule has 4 nitrogen and oxygen atoms in total. The van der Waals surface area contributed by atoms with Gasteiger partial charge in [0, 0.05) is 4.47 Å². The van der Waals surface area contributed by atoms with Crippen LogP contribution in [0.5, 0.6) is 0 Å². The van der Waals surface area contributed by atoms with Crippen LogP contribution in [0.15, 0.2) is 33.4 Å². The average molecular weight is 364 g/mol. The lowest BCUT2D eigenvalue weighted by Gasteiger charge is -2.08. The van der Waals surface area contributed by atoms with E-state index in [2.05, 4.69) is 20.9 Å². The first-order valence-corrected chi connectivity index (χ1v) is 6.62. The Morgan fingerprint density at radius 2 is 2.14 bits per heavy atom. The number of hydrogen-bond donors (Lipinski definition) is 0. The average Bonchev–Trinajstić information content (AvgIpc) is 2.87. The van der Waals surface area contributed by atoms with Gasteiger partial charge in [-0.05, 0) is 41.1 Å². The van der Waals surface area contributed by atoms with E-state index < -0.39 is 17.7 Å². The van der Waals surface area contributed by atoms with Gasteiger partial charge in [-0.15, -0.1) is 0 Å². The number of alkyl halides is 3. The number of benzene rings is 1. The lowest BCUT2D eigenvalue weighted by atomic mass is 10.1. The number of oxazole rings is 1. The van der Waals surface area contributed by atoms with Crippen molar-refractivity contribution < 1.29 is 27.1 Å². The molecule has 8 heteroatoms. The second kappa shape index (κ2) is 5.88. The summed E-state index contributed by atoms with van der Waals surface area (Å²) in [6.07, 6.45) is -3.44. The molecule has 0 aliphatic carbocycles. The van der Waals surface area contributed by atoms with Gasteiger partial charge in [0.15, 0.2) is 5.69 Å². The second-order valence-corrected chi connectivity index (χ2v) is 4.81. The van der Waals surface area contributed by atoms with Gasteiger partial charge >= 0.3 is 12.1 Å². The molecule has 1 heterocycles. The Balaban J connectivity index is 2.40. The van der Waals surface area contributed by atoms with Crippen LogP contribution in [0, 0.1) is 0 Å². The molecular formula is C13H9BrF3NO3. The molecular weight excluding hydrogens is 355 g/mol. The topological polar surface area (TPSA) is 52.3 Å². The van der Waals surface area contributed by atoms with Gasteiger partial charge in [0.2, 0.25) is 5.89 Å². The molecule has 0 bridgehead atoms. The third-order valence-electron chi connectivity index (χ3n) is 2.51. The maximum atomic E-state index is 12.7. The molecule has 1 aromatic carbocycles. The first-order chi connectivity index (χ1) is 9.82. The van der Waals surface area contributed by atoms with Crippen LogP contribution in [0.25, 0.3) is 11.5 Å². The highest BCUT2D eigenvalue weighted by molar-refractivity contribution is 9.10. The van der Waals surface area contributed by atoms with Crippen LogP contribution in [0.3, 0.4) is 0 Å². The second-order valence-electron chi connectivity index (χ2n) is 3.95. The summed E-state index contributed by atoms with van der Waals surface area (Å²) in [5, 5.41) is 0. The number of rotatable bonds is 3. The summed E-state index contributed by atoms with van der Waals surface area (Å²) in [7, 11) is 0. The van der Waals surface area contributed by atoms with Crippen molar-refractivity contribution in [2.24, 2.45) is 0 Å². The predicted molar refractivity (Wildman–Crippen MR) is 70.6 cm³/mol. The first kappa shape index (κ1) is 15.6. The third-order valence-corrected chi connectivity index (χ3v) is 3.20. The molecule has 0 spiro atoms. The zero-order chi connectivity index (χ0) is 15.6. The minimum atomic E-state index is -4.48. The Hall–Kier alpha value is -1.83. The Morgan fingerprint density at radius 3 is 2.76 bits per heavy atom. The number of halogens is 4.